The van der Waals surface area contributed by atoms with Gasteiger partial charge in [-0.15, -0.1) is 0 Å². The number of esters is 1. The van der Waals surface area contributed by atoms with Gasteiger partial charge in [-0.2, -0.15) is 5.10 Å². The van der Waals surface area contributed by atoms with Crippen molar-refractivity contribution >= 4 is 51.7 Å². The van der Waals surface area contributed by atoms with E-state index in [2.05, 4.69) is 37.1 Å². The Morgan fingerprint density at radius 1 is 1.07 bits per heavy atom. The molecule has 1 aliphatic heterocycles. The van der Waals surface area contributed by atoms with Gasteiger partial charge in [0, 0.05) is 26.3 Å². The Bertz CT molecular complexity index is 1610. The molecule has 3 aromatic rings. The summed E-state index contributed by atoms with van der Waals surface area (Å²) in [5, 5.41) is 9.97. The second kappa shape index (κ2) is 15.3. The third-order valence-electron chi connectivity index (χ3n) is 6.35. The van der Waals surface area contributed by atoms with Gasteiger partial charge in [-0.1, -0.05) is 51.8 Å². The van der Waals surface area contributed by atoms with Gasteiger partial charge in [0.05, 0.1) is 31.5 Å². The minimum Gasteiger partial charge on any atom is -0.493 e. The quantitative estimate of drug-likeness (QED) is 0.132. The number of hydrogen-bond acceptors (Lipinski definition) is 8. The number of hydrogen-bond donors (Lipinski definition) is 3. The molecule has 4 rings (SSSR count). The zero-order chi connectivity index (χ0) is 31.6. The van der Waals surface area contributed by atoms with Gasteiger partial charge in [-0.05, 0) is 55.8 Å². The highest BCUT2D eigenvalue weighted by atomic mass is 79.9. The van der Waals surface area contributed by atoms with Crippen LogP contribution >= 0.6 is 27.5 Å². The molecule has 1 aliphatic rings. The third-order valence-corrected chi connectivity index (χ3v) is 7.21. The number of carbonyl (C=O) groups is 3. The fourth-order valence-corrected chi connectivity index (χ4v) is 4.85. The first-order chi connectivity index (χ1) is 21.2. The second-order valence-corrected chi connectivity index (χ2v) is 10.7. The summed E-state index contributed by atoms with van der Waals surface area (Å²) in [5.74, 6) is 0.0438. The Kier molecular flexibility index (Phi) is 11.2. The Morgan fingerprint density at radius 2 is 1.84 bits per heavy atom. The van der Waals surface area contributed by atoms with Crippen molar-refractivity contribution in [3.63, 3.8) is 0 Å². The highest BCUT2D eigenvalue weighted by molar-refractivity contribution is 9.10. The summed E-state index contributed by atoms with van der Waals surface area (Å²) in [6, 6.07) is 16.4. The smallest absolute Gasteiger partial charge is 0.338 e. The van der Waals surface area contributed by atoms with Gasteiger partial charge in [0.25, 0.3) is 5.91 Å². The van der Waals surface area contributed by atoms with Crippen LogP contribution in [0.1, 0.15) is 36.6 Å². The first kappa shape index (κ1) is 32.4. The van der Waals surface area contributed by atoms with E-state index in [-0.39, 0.29) is 31.1 Å². The minimum atomic E-state index is -0.778. The van der Waals surface area contributed by atoms with Gasteiger partial charge >= 0.3 is 12.0 Å². The second-order valence-electron chi connectivity index (χ2n) is 9.35. The molecule has 1 heterocycles. The van der Waals surface area contributed by atoms with Gasteiger partial charge < -0.3 is 29.6 Å². The molecule has 0 spiro atoms. The number of allylic oxidation sites excluding steroid dienone is 1. The SMILES string of the molecule is CCOC(=O)C1=C(C)NC(=O)N[C@@H]1c1ccc(OCC(=O)N/N=C\c2cc(Br)ccc2OCc2ccccc2Cl)c(OC)c1. The normalized spacial score (nSPS) is 14.5. The van der Waals surface area contributed by atoms with Crippen LogP contribution in [-0.2, 0) is 20.9 Å². The monoisotopic (exact) mass is 684 g/mol. The molecule has 0 fully saturated rings. The topological polar surface area (TPSA) is 137 Å². The first-order valence-electron chi connectivity index (χ1n) is 13.4. The predicted molar refractivity (Wildman–Crippen MR) is 168 cm³/mol. The molecule has 11 nitrogen and oxygen atoms in total. The van der Waals surface area contributed by atoms with Crippen molar-refractivity contribution in [3.05, 3.63) is 98.1 Å². The molecule has 0 aliphatic carbocycles. The number of methoxy groups -OCH3 is 1. The van der Waals surface area contributed by atoms with E-state index in [4.69, 9.17) is 30.5 Å². The van der Waals surface area contributed by atoms with Crippen LogP contribution in [0.4, 0.5) is 4.79 Å². The molecule has 0 saturated heterocycles. The van der Waals surface area contributed by atoms with Crippen LogP contribution in [0.15, 0.2) is 81.5 Å². The number of carbonyl (C=O) groups excluding carboxylic acids is 3. The Labute approximate surface area is 267 Å². The summed E-state index contributed by atoms with van der Waals surface area (Å²) in [5.41, 5.74) is 5.10. The minimum absolute atomic E-state index is 0.180. The average Bonchev–Trinajstić information content (AvgIpc) is 3.00. The summed E-state index contributed by atoms with van der Waals surface area (Å²) in [6.45, 7) is 3.40. The molecule has 230 valence electrons. The van der Waals surface area contributed by atoms with Crippen molar-refractivity contribution in [3.8, 4) is 17.2 Å². The van der Waals surface area contributed by atoms with Crippen LogP contribution in [0.5, 0.6) is 17.2 Å². The molecule has 0 bridgehead atoms. The lowest BCUT2D eigenvalue weighted by atomic mass is 9.95. The molecule has 44 heavy (non-hydrogen) atoms. The molecule has 13 heteroatoms. The van der Waals surface area contributed by atoms with Crippen molar-refractivity contribution in [2.75, 3.05) is 20.3 Å². The summed E-state index contributed by atoms with van der Waals surface area (Å²) in [7, 11) is 1.44. The number of nitrogens with one attached hydrogen (secondary N) is 3. The predicted octanol–water partition coefficient (Wildman–Crippen LogP) is 5.41. The molecule has 0 unspecified atom stereocenters. The average molecular weight is 686 g/mol. The van der Waals surface area contributed by atoms with Crippen molar-refractivity contribution in [2.45, 2.75) is 26.5 Å². The highest BCUT2D eigenvalue weighted by Gasteiger charge is 2.32. The zero-order valence-corrected chi connectivity index (χ0v) is 26.5. The third kappa shape index (κ3) is 8.29. The molecule has 0 aromatic heterocycles. The van der Waals surface area contributed by atoms with E-state index in [1.54, 1.807) is 50.2 Å². The van der Waals surface area contributed by atoms with E-state index in [9.17, 15) is 14.4 Å². The standard InChI is InChI=1S/C31H30BrClN4O7/c1-4-42-30(39)28-18(2)35-31(40)36-29(28)19-9-11-25(26(14-19)41-3)44-17-27(38)37-34-15-21-13-22(32)10-12-24(21)43-16-20-7-5-6-8-23(20)33/h5-15,29H,4,16-17H2,1-3H3,(H,37,38)(H2,35,36,40)/b34-15-/t29-/m1/s1. The first-order valence-corrected chi connectivity index (χ1v) is 14.6. The number of hydrazone groups is 1. The fourth-order valence-electron chi connectivity index (χ4n) is 4.28. The molecule has 3 N–H and O–H groups in total. The highest BCUT2D eigenvalue weighted by Crippen LogP contribution is 2.34. The van der Waals surface area contributed by atoms with Gasteiger partial charge in [-0.25, -0.2) is 15.0 Å². The van der Waals surface area contributed by atoms with E-state index in [0.29, 0.717) is 33.3 Å². The molecule has 3 aromatic carbocycles. The Balaban J connectivity index is 1.39. The van der Waals surface area contributed by atoms with E-state index in [0.717, 1.165) is 10.0 Å². The maximum Gasteiger partial charge on any atom is 0.338 e. The van der Waals surface area contributed by atoms with Crippen LogP contribution in [0.2, 0.25) is 5.02 Å². The molecule has 0 radical (unpaired) electrons. The Morgan fingerprint density at radius 3 is 2.59 bits per heavy atom. The number of benzene rings is 3. The van der Waals surface area contributed by atoms with Crippen molar-refractivity contribution < 1.29 is 33.3 Å². The van der Waals surface area contributed by atoms with Crippen LogP contribution in [0.3, 0.4) is 0 Å². The van der Waals surface area contributed by atoms with Crippen molar-refractivity contribution in [2.24, 2.45) is 5.10 Å². The van der Waals surface area contributed by atoms with Crippen LogP contribution in [0, 0.1) is 0 Å². The number of amides is 3. The Hall–Kier alpha value is -4.55. The maximum atomic E-state index is 12.6. The summed E-state index contributed by atoms with van der Waals surface area (Å²) in [6.07, 6.45) is 1.46. The van der Waals surface area contributed by atoms with E-state index >= 15 is 0 Å². The number of halogens is 2. The number of nitrogens with zero attached hydrogens (tertiary/aromatic N) is 1. The van der Waals surface area contributed by atoms with Gasteiger partial charge in [0.1, 0.15) is 12.4 Å². The maximum absolute atomic E-state index is 12.6. The van der Waals surface area contributed by atoms with Crippen molar-refractivity contribution in [1.29, 1.82) is 0 Å². The lowest BCUT2D eigenvalue weighted by Gasteiger charge is -2.28. The summed E-state index contributed by atoms with van der Waals surface area (Å²) in [4.78, 5) is 37.3. The molecule has 0 saturated carbocycles. The molecular formula is C31H30BrClN4O7. The fraction of sp³-hybridized carbons (Fsp3) is 0.226. The lowest BCUT2D eigenvalue weighted by Crippen LogP contribution is -2.45. The number of ether oxygens (including phenoxy) is 4. The van der Waals surface area contributed by atoms with Crippen LogP contribution in [0.25, 0.3) is 0 Å². The number of rotatable bonds is 12. The van der Waals surface area contributed by atoms with Crippen molar-refractivity contribution in [1.82, 2.24) is 16.1 Å². The number of urea groups is 1. The van der Waals surface area contributed by atoms with E-state index in [1.807, 2.05) is 24.3 Å². The summed E-state index contributed by atoms with van der Waals surface area (Å²) >= 11 is 9.67. The van der Waals surface area contributed by atoms with Gasteiger partial charge in [-0.3, -0.25) is 4.79 Å². The van der Waals surface area contributed by atoms with Gasteiger partial charge in [0.15, 0.2) is 18.1 Å². The van der Waals surface area contributed by atoms with Crippen LogP contribution < -0.4 is 30.3 Å². The van der Waals surface area contributed by atoms with E-state index < -0.39 is 23.9 Å². The summed E-state index contributed by atoms with van der Waals surface area (Å²) < 4.78 is 23.1. The molecular weight excluding hydrogens is 656 g/mol. The zero-order valence-electron chi connectivity index (χ0n) is 24.1. The largest absolute Gasteiger partial charge is 0.493 e. The lowest BCUT2D eigenvalue weighted by molar-refractivity contribution is -0.139. The molecule has 3 amide bonds. The van der Waals surface area contributed by atoms with Gasteiger partial charge in [0.2, 0.25) is 0 Å². The molecule has 1 atom stereocenters. The van der Waals surface area contributed by atoms with E-state index in [1.165, 1.54) is 13.3 Å². The van der Waals surface area contributed by atoms with Crippen LogP contribution in [-0.4, -0.2) is 44.4 Å².